The van der Waals surface area contributed by atoms with Crippen LogP contribution < -0.4 is 5.32 Å². The summed E-state index contributed by atoms with van der Waals surface area (Å²) in [6.07, 6.45) is -0.786. The Hall–Kier alpha value is -0.750. The van der Waals surface area contributed by atoms with Crippen molar-refractivity contribution < 1.29 is 18.0 Å². The van der Waals surface area contributed by atoms with E-state index in [1.165, 1.54) is 6.08 Å². The van der Waals surface area contributed by atoms with Crippen LogP contribution in [0.4, 0.5) is 13.2 Å². The topological polar surface area (TPSA) is 32.3 Å². The van der Waals surface area contributed by atoms with Crippen LogP contribution in [0.3, 0.4) is 0 Å². The van der Waals surface area contributed by atoms with Crippen LogP contribution in [-0.2, 0) is 4.79 Å². The van der Waals surface area contributed by atoms with Gasteiger partial charge in [-0.25, -0.2) is 0 Å². The second kappa shape index (κ2) is 9.30. The molecule has 124 valence electrons. The molecule has 0 aromatic carbocycles. The molecule has 1 N–H and O–H groups in total. The minimum atomic E-state index is -4.37. The summed E-state index contributed by atoms with van der Waals surface area (Å²) in [7, 11) is 0. The molecule has 3 nitrogen and oxygen atoms in total. The van der Waals surface area contributed by atoms with Crippen LogP contribution in [0.5, 0.6) is 0 Å². The third-order valence-corrected chi connectivity index (χ3v) is 3.71. The lowest BCUT2D eigenvalue weighted by Crippen LogP contribution is -2.41. The van der Waals surface area contributed by atoms with Gasteiger partial charge in [-0.3, -0.25) is 4.79 Å². The molecule has 21 heavy (non-hydrogen) atoms. The Balaban J connectivity index is 0.00000400. The number of amides is 1. The van der Waals surface area contributed by atoms with E-state index in [-0.39, 0.29) is 31.3 Å². The van der Waals surface area contributed by atoms with Gasteiger partial charge in [0.25, 0.3) is 0 Å². The molecule has 0 saturated carbocycles. The third-order valence-electron chi connectivity index (χ3n) is 3.71. The summed E-state index contributed by atoms with van der Waals surface area (Å²) in [5.41, 5.74) is 0. The molecule has 0 bridgehead atoms. The zero-order valence-corrected chi connectivity index (χ0v) is 13.1. The van der Waals surface area contributed by atoms with Gasteiger partial charge in [-0.15, -0.1) is 19.0 Å². The lowest BCUT2D eigenvalue weighted by atomic mass is 9.85. The summed E-state index contributed by atoms with van der Waals surface area (Å²) < 4.78 is 37.3. The first-order valence-electron chi connectivity index (χ1n) is 6.99. The number of carbonyl (C=O) groups excluding carboxylic acids is 1. The van der Waals surface area contributed by atoms with Crippen LogP contribution in [-0.4, -0.2) is 43.2 Å². The minimum Gasteiger partial charge on any atom is -0.330 e. The highest BCUT2D eigenvalue weighted by Crippen LogP contribution is 2.24. The molecule has 0 spiro atoms. The highest BCUT2D eigenvalue weighted by Gasteiger charge is 2.33. The number of hydrogen-bond acceptors (Lipinski definition) is 2. The number of rotatable bonds is 6. The van der Waals surface area contributed by atoms with Gasteiger partial charge in [0.2, 0.25) is 5.91 Å². The number of alkyl halides is 3. The van der Waals surface area contributed by atoms with Crippen molar-refractivity contribution in [1.82, 2.24) is 10.2 Å². The Bertz CT molecular complexity index is 331. The fourth-order valence-electron chi connectivity index (χ4n) is 2.56. The van der Waals surface area contributed by atoms with Crippen LogP contribution in [0.2, 0.25) is 0 Å². The fourth-order valence-corrected chi connectivity index (χ4v) is 2.56. The lowest BCUT2D eigenvalue weighted by Gasteiger charge is -2.30. The van der Waals surface area contributed by atoms with Gasteiger partial charge in [-0.2, -0.15) is 13.2 Å². The predicted molar refractivity (Wildman–Crippen MR) is 79.5 cm³/mol. The van der Waals surface area contributed by atoms with Crippen LogP contribution >= 0.6 is 12.4 Å². The number of hydrogen-bond donors (Lipinski definition) is 1. The SMILES string of the molecule is C=CCN(CC(F)(F)F)C(=O)CC(C)C1CCCNC1.Cl. The summed E-state index contributed by atoms with van der Waals surface area (Å²) >= 11 is 0. The quantitative estimate of drug-likeness (QED) is 0.760. The summed E-state index contributed by atoms with van der Waals surface area (Å²) in [5.74, 6) is 0.0142. The maximum atomic E-state index is 12.4. The van der Waals surface area contributed by atoms with Gasteiger partial charge in [0.05, 0.1) is 0 Å². The Morgan fingerprint density at radius 1 is 1.52 bits per heavy atom. The van der Waals surface area contributed by atoms with Crippen molar-refractivity contribution >= 4 is 18.3 Å². The Morgan fingerprint density at radius 2 is 2.19 bits per heavy atom. The smallest absolute Gasteiger partial charge is 0.330 e. The van der Waals surface area contributed by atoms with E-state index in [1.807, 2.05) is 6.92 Å². The third kappa shape index (κ3) is 7.71. The average Bonchev–Trinajstić information content (AvgIpc) is 2.37. The van der Waals surface area contributed by atoms with Gasteiger partial charge in [-0.05, 0) is 37.8 Å². The highest BCUT2D eigenvalue weighted by molar-refractivity contribution is 5.85. The summed E-state index contributed by atoms with van der Waals surface area (Å²) in [6.45, 7) is 5.91. The summed E-state index contributed by atoms with van der Waals surface area (Å²) in [4.78, 5) is 12.9. The predicted octanol–water partition coefficient (Wildman–Crippen LogP) is 3.01. The van der Waals surface area contributed by atoms with Gasteiger partial charge in [-0.1, -0.05) is 13.0 Å². The molecule has 1 aliphatic rings. The van der Waals surface area contributed by atoms with Crippen molar-refractivity contribution in [3.8, 4) is 0 Å². The molecule has 2 unspecified atom stereocenters. The van der Waals surface area contributed by atoms with Crippen LogP contribution in [0.1, 0.15) is 26.2 Å². The normalized spacial score (nSPS) is 20.3. The van der Waals surface area contributed by atoms with E-state index in [1.54, 1.807) is 0 Å². The van der Waals surface area contributed by atoms with Gasteiger partial charge in [0, 0.05) is 13.0 Å². The van der Waals surface area contributed by atoms with Gasteiger partial charge in [0.15, 0.2) is 0 Å². The van der Waals surface area contributed by atoms with Crippen LogP contribution in [0, 0.1) is 11.8 Å². The minimum absolute atomic E-state index is 0. The van der Waals surface area contributed by atoms with Crippen LogP contribution in [0.25, 0.3) is 0 Å². The van der Waals surface area contributed by atoms with Crippen molar-refractivity contribution in [1.29, 1.82) is 0 Å². The largest absolute Gasteiger partial charge is 0.406 e. The van der Waals surface area contributed by atoms with E-state index in [4.69, 9.17) is 0 Å². The fraction of sp³-hybridized carbons (Fsp3) is 0.786. The number of carbonyl (C=O) groups is 1. The highest BCUT2D eigenvalue weighted by atomic mass is 35.5. The number of nitrogens with zero attached hydrogens (tertiary/aromatic N) is 1. The van der Waals surface area contributed by atoms with Crippen molar-refractivity contribution in [3.63, 3.8) is 0 Å². The molecule has 1 saturated heterocycles. The number of piperidine rings is 1. The second-order valence-corrected chi connectivity index (χ2v) is 5.47. The molecule has 0 aromatic heterocycles. The molecular formula is C14H24ClF3N2O. The first-order valence-corrected chi connectivity index (χ1v) is 6.99. The van der Waals surface area contributed by atoms with Crippen molar-refractivity contribution in [2.45, 2.75) is 32.4 Å². The zero-order valence-electron chi connectivity index (χ0n) is 12.3. The molecule has 1 rings (SSSR count). The molecule has 0 radical (unpaired) electrons. The first kappa shape index (κ1) is 20.2. The average molecular weight is 329 g/mol. The molecule has 0 aliphatic carbocycles. The lowest BCUT2D eigenvalue weighted by molar-refractivity contribution is -0.160. The van der Waals surface area contributed by atoms with Gasteiger partial charge >= 0.3 is 6.18 Å². The molecule has 1 amide bonds. The van der Waals surface area contributed by atoms with E-state index in [0.717, 1.165) is 30.8 Å². The van der Waals surface area contributed by atoms with Crippen molar-refractivity contribution in [3.05, 3.63) is 12.7 Å². The standard InChI is InChI=1S/C14H23F3N2O.ClH/c1-3-7-19(10-14(15,16)17)13(20)8-11(2)12-5-4-6-18-9-12;/h3,11-12,18H,1,4-10H2,2H3;1H. The van der Waals surface area contributed by atoms with E-state index >= 15 is 0 Å². The Morgan fingerprint density at radius 3 is 2.67 bits per heavy atom. The number of nitrogens with one attached hydrogen (secondary N) is 1. The van der Waals surface area contributed by atoms with Gasteiger partial charge in [0.1, 0.15) is 6.54 Å². The van der Waals surface area contributed by atoms with E-state index in [2.05, 4.69) is 11.9 Å². The van der Waals surface area contributed by atoms with Crippen molar-refractivity contribution in [2.75, 3.05) is 26.2 Å². The molecule has 1 heterocycles. The van der Waals surface area contributed by atoms with E-state index in [0.29, 0.717) is 5.92 Å². The molecule has 0 aromatic rings. The van der Waals surface area contributed by atoms with E-state index < -0.39 is 18.6 Å². The zero-order chi connectivity index (χ0) is 15.2. The summed E-state index contributed by atoms with van der Waals surface area (Å²) in [6, 6.07) is 0. The van der Waals surface area contributed by atoms with E-state index in [9.17, 15) is 18.0 Å². The Kier molecular flexibility index (Phi) is 8.97. The molecule has 7 heteroatoms. The summed E-state index contributed by atoms with van der Waals surface area (Å²) in [5, 5.41) is 3.26. The maximum absolute atomic E-state index is 12.4. The number of halogens is 4. The maximum Gasteiger partial charge on any atom is 0.406 e. The Labute approximate surface area is 130 Å². The van der Waals surface area contributed by atoms with Crippen LogP contribution in [0.15, 0.2) is 12.7 Å². The first-order chi connectivity index (χ1) is 9.33. The van der Waals surface area contributed by atoms with Gasteiger partial charge < -0.3 is 10.2 Å². The molecular weight excluding hydrogens is 305 g/mol. The molecule has 1 aliphatic heterocycles. The molecule has 1 fully saturated rings. The van der Waals surface area contributed by atoms with Crippen molar-refractivity contribution in [2.24, 2.45) is 11.8 Å². The second-order valence-electron chi connectivity index (χ2n) is 5.47. The molecule has 2 atom stereocenters. The monoisotopic (exact) mass is 328 g/mol.